The number of urea groups is 1. The summed E-state index contributed by atoms with van der Waals surface area (Å²) in [5.74, 6) is 1.25. The van der Waals surface area contributed by atoms with Crippen LogP contribution in [0.2, 0.25) is 0 Å². The van der Waals surface area contributed by atoms with Crippen molar-refractivity contribution < 1.29 is 19.4 Å². The number of hydrogen-bond acceptors (Lipinski definition) is 5. The van der Waals surface area contributed by atoms with Gasteiger partial charge in [-0.2, -0.15) is 11.3 Å². The molecule has 2 heterocycles. The van der Waals surface area contributed by atoms with Gasteiger partial charge in [0.15, 0.2) is 11.5 Å². The van der Waals surface area contributed by atoms with Gasteiger partial charge in [0.05, 0.1) is 6.10 Å². The van der Waals surface area contributed by atoms with Crippen molar-refractivity contribution in [3.8, 4) is 22.6 Å². The Bertz CT molecular complexity index is 926. The molecule has 0 fully saturated rings. The largest absolute Gasteiger partial charge is 0.454 e. The molecule has 4 rings (SSSR count). The highest BCUT2D eigenvalue weighted by atomic mass is 32.1. The van der Waals surface area contributed by atoms with Crippen LogP contribution in [-0.2, 0) is 0 Å². The van der Waals surface area contributed by atoms with Crippen LogP contribution < -0.4 is 20.1 Å². The second-order valence-electron chi connectivity index (χ2n) is 6.05. The maximum atomic E-state index is 12.1. The second-order valence-corrected chi connectivity index (χ2v) is 6.83. The van der Waals surface area contributed by atoms with Gasteiger partial charge in [-0.15, -0.1) is 0 Å². The molecule has 1 aromatic heterocycles. The number of nitrogens with one attached hydrogen (secondary N) is 2. The van der Waals surface area contributed by atoms with Crippen LogP contribution in [0.1, 0.15) is 11.7 Å². The molecule has 0 saturated carbocycles. The van der Waals surface area contributed by atoms with Gasteiger partial charge in [-0.25, -0.2) is 4.79 Å². The van der Waals surface area contributed by atoms with E-state index in [1.54, 1.807) is 29.5 Å². The molecule has 3 N–H and O–H groups in total. The zero-order chi connectivity index (χ0) is 18.6. The molecule has 0 spiro atoms. The number of hydrogen-bond donors (Lipinski definition) is 3. The topological polar surface area (TPSA) is 79.8 Å². The van der Waals surface area contributed by atoms with Gasteiger partial charge < -0.3 is 25.2 Å². The fourth-order valence-electron chi connectivity index (χ4n) is 2.78. The summed E-state index contributed by atoms with van der Waals surface area (Å²) < 4.78 is 10.5. The Morgan fingerprint density at radius 3 is 2.67 bits per heavy atom. The molecule has 1 aliphatic rings. The highest BCUT2D eigenvalue weighted by molar-refractivity contribution is 7.08. The van der Waals surface area contributed by atoms with Crippen LogP contribution in [0.3, 0.4) is 0 Å². The number of amides is 2. The predicted molar refractivity (Wildman–Crippen MR) is 104 cm³/mol. The lowest BCUT2D eigenvalue weighted by molar-refractivity contribution is 0.174. The van der Waals surface area contributed by atoms with Gasteiger partial charge >= 0.3 is 6.03 Å². The normalized spacial score (nSPS) is 13.2. The third kappa shape index (κ3) is 4.05. The number of anilines is 1. The first kappa shape index (κ1) is 17.4. The zero-order valence-electron chi connectivity index (χ0n) is 14.3. The minimum atomic E-state index is -0.788. The average Bonchev–Trinajstić information content (AvgIpc) is 3.37. The minimum absolute atomic E-state index is 0.105. The number of ether oxygens (including phenoxy) is 2. The van der Waals surface area contributed by atoms with E-state index in [4.69, 9.17) is 9.47 Å². The van der Waals surface area contributed by atoms with Crippen LogP contribution in [0.25, 0.3) is 11.1 Å². The lowest BCUT2D eigenvalue weighted by atomic mass is 10.0. The Kier molecular flexibility index (Phi) is 4.95. The number of thiophene rings is 1. The van der Waals surface area contributed by atoms with Gasteiger partial charge in [-0.3, -0.25) is 0 Å². The van der Waals surface area contributed by atoms with Gasteiger partial charge in [0.25, 0.3) is 0 Å². The molecule has 6 nitrogen and oxygen atoms in total. The molecule has 2 amide bonds. The molecule has 1 aliphatic heterocycles. The molecule has 27 heavy (non-hydrogen) atoms. The molecule has 1 unspecified atom stereocenters. The first-order valence-corrected chi connectivity index (χ1v) is 9.38. The average molecular weight is 382 g/mol. The fraction of sp³-hybridized carbons (Fsp3) is 0.150. The van der Waals surface area contributed by atoms with Gasteiger partial charge in [0.1, 0.15) is 0 Å². The first-order chi connectivity index (χ1) is 13.2. The van der Waals surface area contributed by atoms with Crippen LogP contribution in [0.15, 0.2) is 59.3 Å². The van der Waals surface area contributed by atoms with Crippen molar-refractivity contribution in [3.63, 3.8) is 0 Å². The standard InChI is InChI=1S/C20H18N2O4S/c23-17(14-3-1-13(2-4-14)15-7-8-27-11-15)10-21-20(24)22-16-5-6-18-19(9-16)26-12-25-18/h1-9,11,17,23H,10,12H2,(H2,21,22,24). The van der Waals surface area contributed by atoms with E-state index >= 15 is 0 Å². The predicted octanol–water partition coefficient (Wildman–Crippen LogP) is 4.00. The molecule has 7 heteroatoms. The van der Waals surface area contributed by atoms with Gasteiger partial charge in [-0.05, 0) is 45.6 Å². The monoisotopic (exact) mass is 382 g/mol. The summed E-state index contributed by atoms with van der Waals surface area (Å²) in [6, 6.07) is 14.5. The molecule has 0 bridgehead atoms. The van der Waals surface area contributed by atoms with Crippen molar-refractivity contribution in [2.45, 2.75) is 6.10 Å². The molecule has 0 aliphatic carbocycles. The SMILES string of the molecule is O=C(NCC(O)c1ccc(-c2ccsc2)cc1)Nc1ccc2c(c1)OCO2. The number of carbonyl (C=O) groups excluding carboxylic acids is 1. The molecule has 138 valence electrons. The summed E-state index contributed by atoms with van der Waals surface area (Å²) in [4.78, 5) is 12.1. The van der Waals surface area contributed by atoms with E-state index in [0.717, 1.165) is 16.7 Å². The number of aliphatic hydroxyl groups excluding tert-OH is 1. The van der Waals surface area contributed by atoms with Gasteiger partial charge in [0.2, 0.25) is 6.79 Å². The summed E-state index contributed by atoms with van der Waals surface area (Å²) in [6.07, 6.45) is -0.788. The van der Waals surface area contributed by atoms with Crippen LogP contribution in [-0.4, -0.2) is 24.5 Å². The summed E-state index contributed by atoms with van der Waals surface area (Å²) in [7, 11) is 0. The van der Waals surface area contributed by atoms with E-state index in [9.17, 15) is 9.90 Å². The molecule has 2 aromatic carbocycles. The van der Waals surface area contributed by atoms with Gasteiger partial charge in [0, 0.05) is 18.3 Å². The Balaban J connectivity index is 1.30. The highest BCUT2D eigenvalue weighted by Gasteiger charge is 2.15. The van der Waals surface area contributed by atoms with E-state index in [0.29, 0.717) is 17.2 Å². The molecule has 0 radical (unpaired) electrons. The molecule has 3 aromatic rings. The van der Waals surface area contributed by atoms with Crippen molar-refractivity contribution in [1.29, 1.82) is 0 Å². The molecule has 1 atom stereocenters. The minimum Gasteiger partial charge on any atom is -0.454 e. The van der Waals surface area contributed by atoms with Crippen LogP contribution in [0.5, 0.6) is 11.5 Å². The number of rotatable bonds is 5. The van der Waals surface area contributed by atoms with Crippen molar-refractivity contribution in [1.82, 2.24) is 5.32 Å². The molecule has 0 saturated heterocycles. The molecular formula is C20H18N2O4S. The van der Waals surface area contributed by atoms with E-state index in [1.807, 2.05) is 29.6 Å². The molecular weight excluding hydrogens is 364 g/mol. The van der Waals surface area contributed by atoms with Crippen molar-refractivity contribution >= 4 is 23.1 Å². The van der Waals surface area contributed by atoms with Crippen molar-refractivity contribution in [3.05, 3.63) is 64.9 Å². The number of carbonyl (C=O) groups is 1. The fourth-order valence-corrected chi connectivity index (χ4v) is 3.45. The quantitative estimate of drug-likeness (QED) is 0.623. The lowest BCUT2D eigenvalue weighted by Crippen LogP contribution is -2.32. The van der Waals surface area contributed by atoms with Gasteiger partial charge in [-0.1, -0.05) is 24.3 Å². The van der Waals surface area contributed by atoms with Crippen LogP contribution in [0.4, 0.5) is 10.5 Å². The van der Waals surface area contributed by atoms with Crippen molar-refractivity contribution in [2.75, 3.05) is 18.7 Å². The Morgan fingerprint density at radius 2 is 1.89 bits per heavy atom. The summed E-state index contributed by atoms with van der Waals surface area (Å²) in [5, 5.41) is 19.8. The van der Waals surface area contributed by atoms with Crippen LogP contribution in [0, 0.1) is 0 Å². The lowest BCUT2D eigenvalue weighted by Gasteiger charge is -2.13. The number of fused-ring (bicyclic) bond motifs is 1. The van der Waals surface area contributed by atoms with E-state index < -0.39 is 12.1 Å². The Labute approximate surface area is 160 Å². The summed E-state index contributed by atoms with van der Waals surface area (Å²) in [5.41, 5.74) is 3.59. The smallest absolute Gasteiger partial charge is 0.319 e. The Hall–Kier alpha value is -3.03. The van der Waals surface area contributed by atoms with Crippen LogP contribution >= 0.6 is 11.3 Å². The third-order valence-electron chi connectivity index (χ3n) is 4.24. The highest BCUT2D eigenvalue weighted by Crippen LogP contribution is 2.34. The number of benzene rings is 2. The Morgan fingerprint density at radius 1 is 1.07 bits per heavy atom. The maximum Gasteiger partial charge on any atom is 0.319 e. The second kappa shape index (κ2) is 7.69. The first-order valence-electron chi connectivity index (χ1n) is 8.44. The van der Waals surface area contributed by atoms with E-state index in [1.165, 1.54) is 0 Å². The van der Waals surface area contributed by atoms with E-state index in [-0.39, 0.29) is 13.3 Å². The third-order valence-corrected chi connectivity index (χ3v) is 4.92. The summed E-state index contributed by atoms with van der Waals surface area (Å²) >= 11 is 1.64. The number of aliphatic hydroxyl groups is 1. The van der Waals surface area contributed by atoms with E-state index in [2.05, 4.69) is 22.1 Å². The zero-order valence-corrected chi connectivity index (χ0v) is 15.2. The van der Waals surface area contributed by atoms with Crippen molar-refractivity contribution in [2.24, 2.45) is 0 Å². The maximum absolute atomic E-state index is 12.1. The summed E-state index contributed by atoms with van der Waals surface area (Å²) in [6.45, 7) is 0.288.